The summed E-state index contributed by atoms with van der Waals surface area (Å²) >= 11 is 0. The third-order valence-electron chi connectivity index (χ3n) is 6.61. The van der Waals surface area contributed by atoms with E-state index in [4.69, 9.17) is 9.47 Å². The van der Waals surface area contributed by atoms with Crippen LogP contribution in [0.15, 0.2) is 42.5 Å². The monoisotopic (exact) mass is 452 g/mol. The van der Waals surface area contributed by atoms with E-state index in [1.54, 1.807) is 11.0 Å². The fourth-order valence-electron chi connectivity index (χ4n) is 4.88. The molecule has 0 bridgehead atoms. The topological polar surface area (TPSA) is 76.1 Å². The number of anilines is 1. The van der Waals surface area contributed by atoms with E-state index in [9.17, 15) is 18.8 Å². The summed E-state index contributed by atoms with van der Waals surface area (Å²) in [7, 11) is 0. The third kappa shape index (κ3) is 4.17. The first-order valence-electron chi connectivity index (χ1n) is 11.3. The van der Waals surface area contributed by atoms with Gasteiger partial charge >= 0.3 is 0 Å². The van der Waals surface area contributed by atoms with E-state index < -0.39 is 23.7 Å². The summed E-state index contributed by atoms with van der Waals surface area (Å²) in [5.41, 5.74) is 1.10. The third-order valence-corrected chi connectivity index (χ3v) is 6.61. The lowest BCUT2D eigenvalue weighted by atomic mass is 9.87. The first kappa shape index (κ1) is 21.4. The molecule has 2 aromatic carbocycles. The maximum absolute atomic E-state index is 13.6. The molecule has 33 heavy (non-hydrogen) atoms. The molecule has 1 atom stereocenters. The van der Waals surface area contributed by atoms with Crippen LogP contribution in [-0.2, 0) is 20.9 Å². The summed E-state index contributed by atoms with van der Waals surface area (Å²) in [5, 5.41) is 0. The van der Waals surface area contributed by atoms with E-state index in [1.165, 1.54) is 24.3 Å². The lowest BCUT2D eigenvalue weighted by Crippen LogP contribution is -2.47. The molecule has 5 rings (SSSR count). The number of carbonyl (C=O) groups excluding carboxylic acids is 3. The number of halogens is 1. The van der Waals surface area contributed by atoms with Crippen molar-refractivity contribution in [2.24, 2.45) is 5.92 Å². The molecule has 2 fully saturated rings. The van der Waals surface area contributed by atoms with Gasteiger partial charge in [-0.3, -0.25) is 14.4 Å². The molecule has 0 N–H and O–H groups in total. The predicted octanol–water partition coefficient (Wildman–Crippen LogP) is 3.80. The van der Waals surface area contributed by atoms with Crippen molar-refractivity contribution in [3.05, 3.63) is 53.8 Å². The van der Waals surface area contributed by atoms with Gasteiger partial charge in [0.05, 0.1) is 12.1 Å². The van der Waals surface area contributed by atoms with Crippen LogP contribution in [0, 0.1) is 11.7 Å². The molecule has 1 aliphatic carbocycles. The molecule has 3 amide bonds. The molecule has 1 saturated carbocycles. The number of carbonyl (C=O) groups is 3. The Bertz CT molecular complexity index is 1080. The Balaban J connectivity index is 1.44. The van der Waals surface area contributed by atoms with Crippen LogP contribution < -0.4 is 14.4 Å². The molecule has 0 spiro atoms. The average Bonchev–Trinajstić information content (AvgIpc) is 3.41. The first-order valence-corrected chi connectivity index (χ1v) is 11.3. The fraction of sp³-hybridized carbons (Fsp3) is 0.400. The van der Waals surface area contributed by atoms with Crippen molar-refractivity contribution in [2.75, 3.05) is 11.7 Å². The highest BCUT2D eigenvalue weighted by Gasteiger charge is 2.45. The van der Waals surface area contributed by atoms with Gasteiger partial charge in [-0.05, 0) is 54.8 Å². The van der Waals surface area contributed by atoms with Gasteiger partial charge in [-0.15, -0.1) is 0 Å². The standard InChI is InChI=1S/C25H25FN2O5/c26-18-7-9-19(10-8-18)28-23(29)13-20(25(28)31)27(24(30)17-4-2-1-3-5-17)14-16-6-11-21-22(12-16)33-15-32-21/h6-12,17,20H,1-5,13-15H2. The van der Waals surface area contributed by atoms with E-state index in [-0.39, 0.29) is 31.6 Å². The smallest absolute Gasteiger partial charge is 0.257 e. The molecular weight excluding hydrogens is 427 g/mol. The lowest BCUT2D eigenvalue weighted by molar-refractivity contribution is -0.143. The van der Waals surface area contributed by atoms with Crippen molar-refractivity contribution in [3.8, 4) is 11.5 Å². The minimum atomic E-state index is -0.901. The minimum Gasteiger partial charge on any atom is -0.454 e. The Kier molecular flexibility index (Phi) is 5.74. The molecular formula is C25H25FN2O5. The summed E-state index contributed by atoms with van der Waals surface area (Å²) in [5.74, 6) is -0.334. The zero-order chi connectivity index (χ0) is 22.9. The molecule has 2 aliphatic heterocycles. The average molecular weight is 452 g/mol. The SMILES string of the molecule is O=C1CC(N(Cc2ccc3c(c2)OCO3)C(=O)C2CCCCC2)C(=O)N1c1ccc(F)cc1. The van der Waals surface area contributed by atoms with E-state index >= 15 is 0 Å². The summed E-state index contributed by atoms with van der Waals surface area (Å²) in [4.78, 5) is 42.4. The summed E-state index contributed by atoms with van der Waals surface area (Å²) < 4.78 is 24.2. The molecule has 2 aromatic rings. The molecule has 0 radical (unpaired) electrons. The Morgan fingerprint density at radius 1 is 1.00 bits per heavy atom. The van der Waals surface area contributed by atoms with Crippen LogP contribution in [-0.4, -0.2) is 35.5 Å². The zero-order valence-electron chi connectivity index (χ0n) is 18.2. The van der Waals surface area contributed by atoms with Crippen LogP contribution in [0.3, 0.4) is 0 Å². The summed E-state index contributed by atoms with van der Waals surface area (Å²) in [6, 6.07) is 9.75. The van der Waals surface area contributed by atoms with Gasteiger partial charge in [0.1, 0.15) is 11.9 Å². The van der Waals surface area contributed by atoms with Crippen molar-refractivity contribution >= 4 is 23.4 Å². The lowest BCUT2D eigenvalue weighted by Gasteiger charge is -2.32. The second kappa shape index (κ2) is 8.84. The number of hydrogen-bond donors (Lipinski definition) is 0. The van der Waals surface area contributed by atoms with Crippen molar-refractivity contribution in [2.45, 2.75) is 51.1 Å². The first-order chi connectivity index (χ1) is 16.0. The molecule has 8 heteroatoms. The van der Waals surface area contributed by atoms with Crippen molar-refractivity contribution in [1.82, 2.24) is 4.90 Å². The van der Waals surface area contributed by atoms with Crippen LogP contribution in [0.2, 0.25) is 0 Å². The van der Waals surface area contributed by atoms with Gasteiger partial charge in [-0.25, -0.2) is 9.29 Å². The normalized spacial score (nSPS) is 20.4. The highest BCUT2D eigenvalue weighted by atomic mass is 19.1. The number of ether oxygens (including phenoxy) is 2. The maximum atomic E-state index is 13.6. The second-order valence-corrected chi connectivity index (χ2v) is 8.75. The van der Waals surface area contributed by atoms with Gasteiger partial charge in [0.25, 0.3) is 5.91 Å². The van der Waals surface area contributed by atoms with Gasteiger partial charge in [-0.1, -0.05) is 25.3 Å². The number of nitrogens with zero attached hydrogens (tertiary/aromatic N) is 2. The molecule has 3 aliphatic rings. The summed E-state index contributed by atoms with van der Waals surface area (Å²) in [6.45, 7) is 0.332. The molecule has 2 heterocycles. The quantitative estimate of drug-likeness (QED) is 0.645. The summed E-state index contributed by atoms with van der Waals surface area (Å²) in [6.07, 6.45) is 4.53. The molecule has 1 saturated heterocycles. The number of benzene rings is 2. The number of imide groups is 1. The number of fused-ring (bicyclic) bond motifs is 1. The van der Waals surface area contributed by atoms with Crippen LogP contribution in [0.4, 0.5) is 10.1 Å². The van der Waals surface area contributed by atoms with Crippen LogP contribution >= 0.6 is 0 Å². The van der Waals surface area contributed by atoms with Crippen molar-refractivity contribution in [1.29, 1.82) is 0 Å². The Labute approximate surface area is 191 Å². The van der Waals surface area contributed by atoms with Gasteiger partial charge in [0, 0.05) is 12.5 Å². The second-order valence-electron chi connectivity index (χ2n) is 8.75. The number of hydrogen-bond acceptors (Lipinski definition) is 5. The van der Waals surface area contributed by atoms with Crippen molar-refractivity contribution in [3.63, 3.8) is 0 Å². The largest absolute Gasteiger partial charge is 0.454 e. The highest BCUT2D eigenvalue weighted by molar-refractivity contribution is 6.23. The van der Waals surface area contributed by atoms with Gasteiger partial charge < -0.3 is 14.4 Å². The predicted molar refractivity (Wildman–Crippen MR) is 117 cm³/mol. The Morgan fingerprint density at radius 3 is 2.48 bits per heavy atom. The van der Waals surface area contributed by atoms with E-state index in [0.29, 0.717) is 17.2 Å². The zero-order valence-corrected chi connectivity index (χ0v) is 18.2. The Morgan fingerprint density at radius 2 is 1.73 bits per heavy atom. The number of rotatable bonds is 5. The molecule has 172 valence electrons. The van der Waals surface area contributed by atoms with Gasteiger partial charge in [-0.2, -0.15) is 0 Å². The maximum Gasteiger partial charge on any atom is 0.257 e. The van der Waals surface area contributed by atoms with Gasteiger partial charge in [0.2, 0.25) is 18.6 Å². The molecule has 0 aromatic heterocycles. The van der Waals surface area contributed by atoms with Gasteiger partial charge in [0.15, 0.2) is 11.5 Å². The van der Waals surface area contributed by atoms with E-state index in [0.717, 1.165) is 42.6 Å². The molecule has 1 unspecified atom stereocenters. The van der Waals surface area contributed by atoms with Crippen molar-refractivity contribution < 1.29 is 28.2 Å². The van der Waals surface area contributed by atoms with E-state index in [1.807, 2.05) is 12.1 Å². The van der Waals surface area contributed by atoms with E-state index in [2.05, 4.69) is 0 Å². The van der Waals surface area contributed by atoms with Crippen LogP contribution in [0.5, 0.6) is 11.5 Å². The molecule has 7 nitrogen and oxygen atoms in total. The fourth-order valence-corrected chi connectivity index (χ4v) is 4.88. The Hall–Kier alpha value is -3.42. The minimum absolute atomic E-state index is 0.0977. The number of amides is 3. The van der Waals surface area contributed by atoms with Crippen LogP contribution in [0.25, 0.3) is 0 Å². The van der Waals surface area contributed by atoms with Crippen LogP contribution in [0.1, 0.15) is 44.1 Å². The highest BCUT2D eigenvalue weighted by Crippen LogP contribution is 2.35.